The van der Waals surface area contributed by atoms with Gasteiger partial charge < -0.3 is 4.74 Å². The molecule has 0 fully saturated rings. The molecule has 0 aromatic carbocycles. The van der Waals surface area contributed by atoms with E-state index in [-0.39, 0.29) is 4.47 Å². The number of ether oxygens (including phenoxy) is 1. The second-order valence-electron chi connectivity index (χ2n) is 2.10. The zero-order valence-electron chi connectivity index (χ0n) is 6.20. The van der Waals surface area contributed by atoms with Crippen molar-refractivity contribution in [3.8, 4) is 5.88 Å². The average molecular weight is 447 g/mol. The van der Waals surface area contributed by atoms with Crippen LogP contribution in [0.2, 0.25) is 0 Å². The van der Waals surface area contributed by atoms with Gasteiger partial charge in [-0.25, -0.2) is 4.98 Å². The smallest absolute Gasteiger partial charge is 0.387 e. The molecule has 0 saturated carbocycles. The third kappa shape index (κ3) is 3.54. The van der Waals surface area contributed by atoms with Gasteiger partial charge in [0.2, 0.25) is 5.88 Å². The molecule has 2 nitrogen and oxygen atoms in total. The van der Waals surface area contributed by atoms with Crippen LogP contribution in [-0.4, -0.2) is 11.3 Å². The molecule has 0 saturated heterocycles. The summed E-state index contributed by atoms with van der Waals surface area (Å²) < 4.78 is 40.4. The van der Waals surface area contributed by atoms with Crippen LogP contribution in [-0.2, 0) is 0 Å². The Morgan fingerprint density at radius 2 is 1.86 bits per heavy atom. The maximum atomic E-state index is 11.9. The first-order chi connectivity index (χ1) is 6.29. The maximum Gasteiger partial charge on any atom is 0.574 e. The van der Waals surface area contributed by atoms with Crippen LogP contribution in [0.15, 0.2) is 15.0 Å². The Morgan fingerprint density at radius 3 is 2.36 bits per heavy atom. The molecule has 0 bridgehead atoms. The maximum absolute atomic E-state index is 11.9. The van der Waals surface area contributed by atoms with Crippen molar-refractivity contribution in [3.63, 3.8) is 0 Å². The van der Waals surface area contributed by atoms with Crippen molar-refractivity contribution < 1.29 is 17.9 Å². The van der Waals surface area contributed by atoms with Gasteiger partial charge >= 0.3 is 6.36 Å². The summed E-state index contributed by atoms with van der Waals surface area (Å²) in [6.07, 6.45) is -4.73. The SMILES string of the molecule is FC(F)(F)Oc1nc(I)c(Br)cc1Br. The van der Waals surface area contributed by atoms with Gasteiger partial charge in [0.15, 0.2) is 0 Å². The minimum absolute atomic E-state index is 0.141. The van der Waals surface area contributed by atoms with Crippen LogP contribution in [0, 0.1) is 3.70 Å². The molecule has 0 aliphatic rings. The summed E-state index contributed by atoms with van der Waals surface area (Å²) in [6, 6.07) is 1.44. The van der Waals surface area contributed by atoms with E-state index >= 15 is 0 Å². The van der Waals surface area contributed by atoms with E-state index in [0.717, 1.165) is 0 Å². The lowest BCUT2D eigenvalue weighted by molar-refractivity contribution is -0.276. The highest BCUT2D eigenvalue weighted by molar-refractivity contribution is 14.1. The van der Waals surface area contributed by atoms with Gasteiger partial charge in [0.05, 0.1) is 8.95 Å². The molecule has 0 radical (unpaired) electrons. The van der Waals surface area contributed by atoms with Crippen molar-refractivity contribution in [3.05, 3.63) is 18.7 Å². The van der Waals surface area contributed by atoms with Gasteiger partial charge in [-0.15, -0.1) is 13.2 Å². The lowest BCUT2D eigenvalue weighted by Gasteiger charge is -2.09. The highest BCUT2D eigenvalue weighted by Crippen LogP contribution is 2.32. The summed E-state index contributed by atoms with van der Waals surface area (Å²) in [5, 5.41) is 0. The molecule has 1 heterocycles. The second kappa shape index (κ2) is 4.52. The van der Waals surface area contributed by atoms with E-state index in [0.29, 0.717) is 8.17 Å². The standard InChI is InChI=1S/C6HBr2F3INO/c7-2-1-3(8)5(13-4(2)12)14-6(9,10)11/h1H. The summed E-state index contributed by atoms with van der Waals surface area (Å²) in [5.41, 5.74) is 0. The molecule has 1 aromatic rings. The average Bonchev–Trinajstić information content (AvgIpc) is 1.97. The fourth-order valence-corrected chi connectivity index (χ4v) is 2.01. The van der Waals surface area contributed by atoms with Crippen molar-refractivity contribution in [2.45, 2.75) is 6.36 Å². The highest BCUT2D eigenvalue weighted by atomic mass is 127. The van der Waals surface area contributed by atoms with E-state index in [9.17, 15) is 13.2 Å². The normalized spacial score (nSPS) is 11.6. The Labute approximate surface area is 108 Å². The van der Waals surface area contributed by atoms with Crippen LogP contribution in [0.3, 0.4) is 0 Å². The first kappa shape index (κ1) is 12.5. The summed E-state index contributed by atoms with van der Waals surface area (Å²) >= 11 is 7.83. The van der Waals surface area contributed by atoms with E-state index in [4.69, 9.17) is 0 Å². The van der Waals surface area contributed by atoms with E-state index in [2.05, 4.69) is 41.6 Å². The molecule has 0 unspecified atom stereocenters. The van der Waals surface area contributed by atoms with Gasteiger partial charge in [-0.05, 0) is 60.5 Å². The fourth-order valence-electron chi connectivity index (χ4n) is 0.610. The molecule has 0 atom stereocenters. The molecular weight excluding hydrogens is 446 g/mol. The Kier molecular flexibility index (Phi) is 4.03. The number of rotatable bonds is 1. The number of alkyl halides is 3. The Morgan fingerprint density at radius 1 is 1.29 bits per heavy atom. The summed E-state index contributed by atoms with van der Waals surface area (Å²) in [7, 11) is 0. The lowest BCUT2D eigenvalue weighted by Crippen LogP contribution is -2.18. The molecule has 1 aromatic heterocycles. The molecule has 0 aliphatic heterocycles. The molecular formula is C6HBr2F3INO. The predicted octanol–water partition coefficient (Wildman–Crippen LogP) is 4.11. The number of hydrogen-bond donors (Lipinski definition) is 0. The van der Waals surface area contributed by atoms with Gasteiger partial charge in [0.25, 0.3) is 0 Å². The van der Waals surface area contributed by atoms with Crippen LogP contribution in [0.4, 0.5) is 13.2 Å². The lowest BCUT2D eigenvalue weighted by atomic mass is 10.5. The number of aromatic nitrogens is 1. The van der Waals surface area contributed by atoms with E-state index in [1.165, 1.54) is 6.07 Å². The topological polar surface area (TPSA) is 22.1 Å². The number of pyridine rings is 1. The van der Waals surface area contributed by atoms with Crippen LogP contribution in [0.1, 0.15) is 0 Å². The largest absolute Gasteiger partial charge is 0.574 e. The van der Waals surface area contributed by atoms with Crippen molar-refractivity contribution in [1.82, 2.24) is 4.98 Å². The molecule has 8 heteroatoms. The van der Waals surface area contributed by atoms with E-state index in [1.807, 2.05) is 0 Å². The number of hydrogen-bond acceptors (Lipinski definition) is 2. The summed E-state index contributed by atoms with van der Waals surface area (Å²) in [6.45, 7) is 0. The Bertz CT molecular complexity index is 358. The van der Waals surface area contributed by atoms with Crippen molar-refractivity contribution >= 4 is 54.5 Å². The van der Waals surface area contributed by atoms with E-state index < -0.39 is 12.2 Å². The van der Waals surface area contributed by atoms with Gasteiger partial charge in [-0.3, -0.25) is 0 Å². The second-order valence-corrected chi connectivity index (χ2v) is 4.83. The van der Waals surface area contributed by atoms with Gasteiger partial charge in [0.1, 0.15) is 3.70 Å². The predicted molar refractivity (Wildman–Crippen MR) is 59.0 cm³/mol. The summed E-state index contributed by atoms with van der Waals surface area (Å²) in [5.74, 6) is -0.495. The van der Waals surface area contributed by atoms with Crippen LogP contribution < -0.4 is 4.74 Å². The minimum Gasteiger partial charge on any atom is -0.387 e. The molecule has 0 amide bonds. The number of halogens is 6. The van der Waals surface area contributed by atoms with Gasteiger partial charge in [-0.2, -0.15) is 0 Å². The molecule has 0 aliphatic carbocycles. The Hall–Kier alpha value is 0.430. The van der Waals surface area contributed by atoms with Crippen molar-refractivity contribution in [1.29, 1.82) is 0 Å². The van der Waals surface area contributed by atoms with Crippen molar-refractivity contribution in [2.75, 3.05) is 0 Å². The first-order valence-corrected chi connectivity index (χ1v) is 5.73. The molecule has 0 spiro atoms. The molecule has 0 N–H and O–H groups in total. The Balaban J connectivity index is 3.04. The molecule has 1 rings (SSSR count). The minimum atomic E-state index is -4.73. The zero-order chi connectivity index (χ0) is 10.9. The zero-order valence-corrected chi connectivity index (χ0v) is 11.5. The number of nitrogens with zero attached hydrogens (tertiary/aromatic N) is 1. The first-order valence-electron chi connectivity index (χ1n) is 3.07. The van der Waals surface area contributed by atoms with Crippen LogP contribution in [0.5, 0.6) is 5.88 Å². The van der Waals surface area contributed by atoms with Crippen LogP contribution >= 0.6 is 54.5 Å². The third-order valence-electron chi connectivity index (χ3n) is 1.07. The van der Waals surface area contributed by atoms with Gasteiger partial charge in [-0.1, -0.05) is 0 Å². The fraction of sp³-hybridized carbons (Fsp3) is 0.167. The quantitative estimate of drug-likeness (QED) is 0.478. The van der Waals surface area contributed by atoms with E-state index in [1.54, 1.807) is 22.6 Å². The molecule has 14 heavy (non-hydrogen) atoms. The monoisotopic (exact) mass is 445 g/mol. The molecule has 78 valence electrons. The highest BCUT2D eigenvalue weighted by Gasteiger charge is 2.33. The van der Waals surface area contributed by atoms with Crippen LogP contribution in [0.25, 0.3) is 0 Å². The third-order valence-corrected chi connectivity index (χ3v) is 3.80. The van der Waals surface area contributed by atoms with Gasteiger partial charge in [0, 0.05) is 0 Å². The van der Waals surface area contributed by atoms with Crippen molar-refractivity contribution in [2.24, 2.45) is 0 Å². The summed E-state index contributed by atoms with van der Waals surface area (Å²) in [4.78, 5) is 3.61.